The Bertz CT molecular complexity index is 548. The van der Waals surface area contributed by atoms with Crippen molar-refractivity contribution in [2.75, 3.05) is 0 Å². The van der Waals surface area contributed by atoms with E-state index in [1.807, 2.05) is 32.0 Å². The predicted octanol–water partition coefficient (Wildman–Crippen LogP) is 3.84. The van der Waals surface area contributed by atoms with Crippen molar-refractivity contribution in [3.05, 3.63) is 33.6 Å². The molecular weight excluding hydrogens is 301 g/mol. The normalized spacial score (nSPS) is 11.6. The third-order valence-electron chi connectivity index (χ3n) is 2.49. The van der Waals surface area contributed by atoms with Gasteiger partial charge in [-0.2, -0.15) is 5.26 Å². The molecule has 0 N–H and O–H groups in total. The number of rotatable bonds is 1. The van der Waals surface area contributed by atoms with E-state index in [4.69, 9.17) is 9.68 Å². The van der Waals surface area contributed by atoms with Gasteiger partial charge in [0, 0.05) is 14.5 Å². The maximum Gasteiger partial charge on any atom is 0.135 e. The molecule has 1 heterocycles. The van der Waals surface area contributed by atoms with Crippen molar-refractivity contribution in [2.24, 2.45) is 0 Å². The lowest BCUT2D eigenvalue weighted by molar-refractivity contribution is 0.591. The molecule has 2 nitrogen and oxygen atoms in total. The van der Waals surface area contributed by atoms with Crippen LogP contribution in [0.5, 0.6) is 0 Å². The van der Waals surface area contributed by atoms with E-state index in [1.54, 1.807) is 6.26 Å². The maximum atomic E-state index is 9.09. The number of fused-ring (bicyclic) bond motifs is 1. The first kappa shape index (κ1) is 10.5. The lowest BCUT2D eigenvalue weighted by atomic mass is 9.86. The van der Waals surface area contributed by atoms with Crippen molar-refractivity contribution < 1.29 is 4.42 Å². The highest BCUT2D eigenvalue weighted by Gasteiger charge is 2.24. The molecule has 0 unspecified atom stereocenters. The molecule has 0 saturated heterocycles. The summed E-state index contributed by atoms with van der Waals surface area (Å²) < 4.78 is 6.60. The Morgan fingerprint density at radius 2 is 2.13 bits per heavy atom. The van der Waals surface area contributed by atoms with Crippen LogP contribution in [-0.2, 0) is 5.41 Å². The summed E-state index contributed by atoms with van der Waals surface area (Å²) in [5.74, 6) is 0. The summed E-state index contributed by atoms with van der Waals surface area (Å²) in [6, 6.07) is 8.30. The van der Waals surface area contributed by atoms with Crippen molar-refractivity contribution >= 4 is 33.6 Å². The van der Waals surface area contributed by atoms with E-state index in [9.17, 15) is 0 Å². The summed E-state index contributed by atoms with van der Waals surface area (Å²) in [6.45, 7) is 3.80. The van der Waals surface area contributed by atoms with Gasteiger partial charge in [0.1, 0.15) is 5.58 Å². The number of hydrogen-bond acceptors (Lipinski definition) is 2. The zero-order valence-corrected chi connectivity index (χ0v) is 10.7. The first-order valence-electron chi connectivity index (χ1n) is 4.63. The second-order valence-corrected chi connectivity index (χ2v) is 5.27. The summed E-state index contributed by atoms with van der Waals surface area (Å²) in [5.41, 5.74) is 1.30. The molecule has 1 aromatic heterocycles. The molecule has 0 amide bonds. The quantitative estimate of drug-likeness (QED) is 0.750. The second kappa shape index (κ2) is 3.53. The van der Waals surface area contributed by atoms with Gasteiger partial charge in [0.2, 0.25) is 0 Å². The number of nitrogens with zero attached hydrogens (tertiary/aromatic N) is 1. The zero-order chi connectivity index (χ0) is 11.1. The molecule has 3 heteroatoms. The summed E-state index contributed by atoms with van der Waals surface area (Å²) in [6.07, 6.45) is 1.68. The smallest absolute Gasteiger partial charge is 0.135 e. The molecule has 1 aromatic carbocycles. The molecule has 76 valence electrons. The number of nitriles is 1. The van der Waals surface area contributed by atoms with E-state index >= 15 is 0 Å². The fraction of sp³-hybridized carbons (Fsp3) is 0.250. The van der Waals surface area contributed by atoms with E-state index in [0.29, 0.717) is 0 Å². The van der Waals surface area contributed by atoms with E-state index in [0.717, 1.165) is 20.1 Å². The van der Waals surface area contributed by atoms with Crippen LogP contribution in [0.3, 0.4) is 0 Å². The average Bonchev–Trinajstić information content (AvgIpc) is 2.61. The number of halogens is 1. The molecule has 0 spiro atoms. The van der Waals surface area contributed by atoms with Crippen LogP contribution in [0.25, 0.3) is 11.0 Å². The summed E-state index contributed by atoms with van der Waals surface area (Å²) in [5, 5.41) is 10.1. The van der Waals surface area contributed by atoms with E-state index in [2.05, 4.69) is 28.7 Å². The molecule has 2 aromatic rings. The van der Waals surface area contributed by atoms with Crippen LogP contribution in [0.2, 0.25) is 0 Å². The Hall–Kier alpha value is -1.02. The molecule has 15 heavy (non-hydrogen) atoms. The van der Waals surface area contributed by atoms with Crippen LogP contribution in [0.4, 0.5) is 0 Å². The van der Waals surface area contributed by atoms with Gasteiger partial charge in [-0.05, 0) is 54.6 Å². The Balaban J connectivity index is 2.71. The maximum absolute atomic E-state index is 9.09. The van der Waals surface area contributed by atoms with Gasteiger partial charge in [-0.3, -0.25) is 0 Å². The molecule has 0 atom stereocenters. The third-order valence-corrected chi connectivity index (χ3v) is 3.16. The minimum atomic E-state index is -0.502. The van der Waals surface area contributed by atoms with Crippen LogP contribution in [-0.4, -0.2) is 0 Å². The Labute approximate surface area is 102 Å². The van der Waals surface area contributed by atoms with Crippen LogP contribution in [0, 0.1) is 14.9 Å². The highest BCUT2D eigenvalue weighted by Crippen LogP contribution is 2.32. The third kappa shape index (κ3) is 1.74. The van der Waals surface area contributed by atoms with Crippen molar-refractivity contribution in [1.29, 1.82) is 5.26 Å². The minimum absolute atomic E-state index is 0.502. The topological polar surface area (TPSA) is 36.9 Å². The lowest BCUT2D eigenvalue weighted by Gasteiger charge is -2.12. The fourth-order valence-electron chi connectivity index (χ4n) is 1.55. The average molecular weight is 311 g/mol. The Morgan fingerprint density at radius 1 is 1.40 bits per heavy atom. The molecule has 0 aliphatic heterocycles. The lowest BCUT2D eigenvalue weighted by Crippen LogP contribution is -2.12. The van der Waals surface area contributed by atoms with Crippen LogP contribution in [0.1, 0.15) is 19.4 Å². The Morgan fingerprint density at radius 3 is 2.80 bits per heavy atom. The van der Waals surface area contributed by atoms with E-state index < -0.39 is 5.41 Å². The Kier molecular flexibility index (Phi) is 2.47. The van der Waals surface area contributed by atoms with Crippen molar-refractivity contribution in [3.63, 3.8) is 0 Å². The standard InChI is InChI=1S/C12H10INO/c1-12(2,7-14)10-6-15-11-5-8(13)3-4-9(10)11/h3-6H,1-2H3. The zero-order valence-electron chi connectivity index (χ0n) is 8.54. The summed E-state index contributed by atoms with van der Waals surface area (Å²) >= 11 is 2.24. The van der Waals surface area contributed by atoms with Crippen LogP contribution >= 0.6 is 22.6 Å². The van der Waals surface area contributed by atoms with Gasteiger partial charge in [-0.1, -0.05) is 0 Å². The molecule has 0 aliphatic rings. The molecule has 0 bridgehead atoms. The largest absolute Gasteiger partial charge is 0.464 e. The predicted molar refractivity (Wildman–Crippen MR) is 67.6 cm³/mol. The summed E-state index contributed by atoms with van der Waals surface area (Å²) in [7, 11) is 0. The fourth-order valence-corrected chi connectivity index (χ4v) is 2.01. The van der Waals surface area contributed by atoms with E-state index in [1.165, 1.54) is 0 Å². The van der Waals surface area contributed by atoms with Gasteiger partial charge >= 0.3 is 0 Å². The second-order valence-electron chi connectivity index (χ2n) is 4.03. The van der Waals surface area contributed by atoms with E-state index in [-0.39, 0.29) is 0 Å². The van der Waals surface area contributed by atoms with Crippen LogP contribution in [0.15, 0.2) is 28.9 Å². The minimum Gasteiger partial charge on any atom is -0.464 e. The highest BCUT2D eigenvalue weighted by molar-refractivity contribution is 14.1. The van der Waals surface area contributed by atoms with Crippen molar-refractivity contribution in [2.45, 2.75) is 19.3 Å². The molecule has 0 radical (unpaired) electrons. The first-order chi connectivity index (χ1) is 7.04. The SMILES string of the molecule is CC(C)(C#N)c1coc2cc(I)ccc12. The molecule has 0 aliphatic carbocycles. The van der Waals surface area contributed by atoms with Gasteiger partial charge in [-0.15, -0.1) is 0 Å². The van der Waals surface area contributed by atoms with Crippen molar-refractivity contribution in [3.8, 4) is 6.07 Å². The first-order valence-corrected chi connectivity index (χ1v) is 5.71. The summed E-state index contributed by atoms with van der Waals surface area (Å²) in [4.78, 5) is 0. The molecule has 2 rings (SSSR count). The molecule has 0 fully saturated rings. The van der Waals surface area contributed by atoms with Gasteiger partial charge in [-0.25, -0.2) is 0 Å². The van der Waals surface area contributed by atoms with Crippen LogP contribution < -0.4 is 0 Å². The number of furan rings is 1. The van der Waals surface area contributed by atoms with Gasteiger partial charge in [0.25, 0.3) is 0 Å². The molecular formula is C12H10INO. The number of hydrogen-bond donors (Lipinski definition) is 0. The highest BCUT2D eigenvalue weighted by atomic mass is 127. The van der Waals surface area contributed by atoms with Gasteiger partial charge < -0.3 is 4.42 Å². The van der Waals surface area contributed by atoms with Gasteiger partial charge in [0.05, 0.1) is 17.7 Å². The van der Waals surface area contributed by atoms with Gasteiger partial charge in [0.15, 0.2) is 0 Å². The monoisotopic (exact) mass is 311 g/mol. The van der Waals surface area contributed by atoms with Crippen molar-refractivity contribution in [1.82, 2.24) is 0 Å². The number of benzene rings is 1. The molecule has 0 saturated carbocycles.